The second kappa shape index (κ2) is 6.56. The number of piperazine rings is 1. The van der Waals surface area contributed by atoms with Gasteiger partial charge in [-0.2, -0.15) is 5.10 Å². The summed E-state index contributed by atoms with van der Waals surface area (Å²) in [6, 6.07) is 1.92. The molecule has 0 aromatic carbocycles. The summed E-state index contributed by atoms with van der Waals surface area (Å²) >= 11 is 0. The monoisotopic (exact) mass is 331 g/mol. The number of hydrogen-bond donors (Lipinski definition) is 1. The van der Waals surface area contributed by atoms with E-state index in [0.717, 1.165) is 24.5 Å². The number of carbonyl (C=O) groups is 1. The highest BCUT2D eigenvalue weighted by Crippen LogP contribution is 2.13. The van der Waals surface area contributed by atoms with Crippen LogP contribution in [0.5, 0.6) is 0 Å². The van der Waals surface area contributed by atoms with Crippen LogP contribution in [0.2, 0.25) is 0 Å². The van der Waals surface area contributed by atoms with Crippen LogP contribution in [0.25, 0.3) is 0 Å². The molecule has 0 radical (unpaired) electrons. The molecule has 1 N–H and O–H groups in total. The second-order valence-electron chi connectivity index (χ2n) is 6.14. The first kappa shape index (κ1) is 16.4. The van der Waals surface area contributed by atoms with Crippen molar-refractivity contribution >= 4 is 5.91 Å². The number of aryl methyl sites for hydroxylation is 2. The van der Waals surface area contributed by atoms with Crippen molar-refractivity contribution in [2.45, 2.75) is 27.3 Å². The van der Waals surface area contributed by atoms with E-state index in [-0.39, 0.29) is 11.5 Å². The predicted molar refractivity (Wildman–Crippen MR) is 86.8 cm³/mol. The molecule has 2 aromatic heterocycles. The molecule has 3 heterocycles. The van der Waals surface area contributed by atoms with E-state index in [1.54, 1.807) is 18.7 Å². The lowest BCUT2D eigenvalue weighted by molar-refractivity contribution is 0.0622. The Kier molecular flexibility index (Phi) is 4.48. The van der Waals surface area contributed by atoms with Crippen molar-refractivity contribution in [3.05, 3.63) is 44.7 Å². The van der Waals surface area contributed by atoms with Gasteiger partial charge in [-0.25, -0.2) is 5.10 Å². The summed E-state index contributed by atoms with van der Waals surface area (Å²) < 4.78 is 5.08. The lowest BCUT2D eigenvalue weighted by Gasteiger charge is -2.34. The summed E-state index contributed by atoms with van der Waals surface area (Å²) in [6.45, 7) is 8.73. The van der Waals surface area contributed by atoms with Gasteiger partial charge in [-0.15, -0.1) is 0 Å². The molecule has 24 heavy (non-hydrogen) atoms. The molecule has 1 fully saturated rings. The van der Waals surface area contributed by atoms with Crippen LogP contribution < -0.4 is 5.56 Å². The van der Waals surface area contributed by atoms with Gasteiger partial charge in [-0.1, -0.05) is 5.16 Å². The number of aromatic amines is 1. The lowest BCUT2D eigenvalue weighted by Crippen LogP contribution is -2.49. The number of rotatable bonds is 3. The molecule has 2 aromatic rings. The Morgan fingerprint density at radius 3 is 2.58 bits per heavy atom. The smallest absolute Gasteiger partial charge is 0.277 e. The summed E-state index contributed by atoms with van der Waals surface area (Å²) in [7, 11) is 0. The van der Waals surface area contributed by atoms with E-state index in [1.807, 2.05) is 13.0 Å². The van der Waals surface area contributed by atoms with Crippen molar-refractivity contribution in [2.75, 3.05) is 26.2 Å². The molecule has 3 rings (SSSR count). The highest BCUT2D eigenvalue weighted by atomic mass is 16.5. The molecule has 8 nitrogen and oxygen atoms in total. The number of H-pyrrole nitrogens is 1. The van der Waals surface area contributed by atoms with E-state index >= 15 is 0 Å². The van der Waals surface area contributed by atoms with Gasteiger partial charge in [0.1, 0.15) is 11.3 Å². The average molecular weight is 331 g/mol. The Balaban J connectivity index is 1.65. The Morgan fingerprint density at radius 1 is 1.25 bits per heavy atom. The molecular formula is C16H21N5O3. The highest BCUT2D eigenvalue weighted by molar-refractivity contribution is 5.95. The van der Waals surface area contributed by atoms with Crippen molar-refractivity contribution in [3.63, 3.8) is 0 Å². The summed E-state index contributed by atoms with van der Waals surface area (Å²) in [5, 5.41) is 10.3. The number of hydrogen-bond acceptors (Lipinski definition) is 6. The quantitative estimate of drug-likeness (QED) is 0.887. The van der Waals surface area contributed by atoms with Gasteiger partial charge >= 0.3 is 0 Å². The van der Waals surface area contributed by atoms with Crippen LogP contribution in [-0.2, 0) is 6.54 Å². The average Bonchev–Trinajstić information content (AvgIpc) is 2.97. The zero-order valence-electron chi connectivity index (χ0n) is 14.1. The Labute approximate surface area is 139 Å². The van der Waals surface area contributed by atoms with E-state index in [4.69, 9.17) is 4.52 Å². The van der Waals surface area contributed by atoms with E-state index < -0.39 is 5.56 Å². The van der Waals surface area contributed by atoms with Gasteiger partial charge < -0.3 is 9.42 Å². The number of nitrogens with zero attached hydrogens (tertiary/aromatic N) is 4. The third-order valence-electron chi connectivity index (χ3n) is 4.41. The van der Waals surface area contributed by atoms with Crippen molar-refractivity contribution in [1.29, 1.82) is 0 Å². The molecule has 0 bridgehead atoms. The first-order valence-electron chi connectivity index (χ1n) is 7.95. The Hall–Kier alpha value is -2.48. The summed E-state index contributed by atoms with van der Waals surface area (Å²) in [6.07, 6.45) is 0. The molecule has 8 heteroatoms. The first-order valence-corrected chi connectivity index (χ1v) is 7.95. The van der Waals surface area contributed by atoms with Crippen LogP contribution in [0.3, 0.4) is 0 Å². The van der Waals surface area contributed by atoms with Gasteiger partial charge in [0.25, 0.3) is 11.5 Å². The fourth-order valence-electron chi connectivity index (χ4n) is 2.87. The molecule has 1 aliphatic rings. The summed E-state index contributed by atoms with van der Waals surface area (Å²) in [5.74, 6) is 0.567. The predicted octanol–water partition coefficient (Wildman–Crippen LogP) is 0.641. The van der Waals surface area contributed by atoms with E-state index in [9.17, 15) is 9.59 Å². The van der Waals surface area contributed by atoms with Crippen LogP contribution in [-0.4, -0.2) is 57.2 Å². The van der Waals surface area contributed by atoms with E-state index in [0.29, 0.717) is 30.9 Å². The van der Waals surface area contributed by atoms with Crippen LogP contribution in [0.4, 0.5) is 0 Å². The summed E-state index contributed by atoms with van der Waals surface area (Å²) in [4.78, 5) is 28.6. The largest absolute Gasteiger partial charge is 0.361 e. The lowest BCUT2D eigenvalue weighted by atomic mass is 10.1. The van der Waals surface area contributed by atoms with Gasteiger partial charge in [0.05, 0.1) is 11.4 Å². The van der Waals surface area contributed by atoms with Gasteiger partial charge in [0.15, 0.2) is 0 Å². The molecule has 0 saturated carbocycles. The fraction of sp³-hybridized carbons (Fsp3) is 0.500. The molecule has 0 atom stereocenters. The maximum absolute atomic E-state index is 12.7. The van der Waals surface area contributed by atoms with Crippen LogP contribution >= 0.6 is 0 Å². The molecule has 1 aliphatic heterocycles. The maximum atomic E-state index is 12.7. The molecule has 0 aliphatic carbocycles. The van der Waals surface area contributed by atoms with Crippen molar-refractivity contribution in [2.24, 2.45) is 0 Å². The van der Waals surface area contributed by atoms with Gasteiger partial charge in [-0.05, 0) is 26.3 Å². The van der Waals surface area contributed by atoms with Crippen LogP contribution in [0, 0.1) is 20.8 Å². The van der Waals surface area contributed by atoms with Crippen LogP contribution in [0.1, 0.15) is 33.1 Å². The molecule has 0 unspecified atom stereocenters. The minimum Gasteiger partial charge on any atom is -0.361 e. The maximum Gasteiger partial charge on any atom is 0.277 e. The number of amides is 1. The Bertz CT molecular complexity index is 802. The van der Waals surface area contributed by atoms with E-state index in [2.05, 4.69) is 20.3 Å². The Morgan fingerprint density at radius 2 is 1.96 bits per heavy atom. The molecule has 1 saturated heterocycles. The third-order valence-corrected chi connectivity index (χ3v) is 4.41. The first-order chi connectivity index (χ1) is 11.5. The normalized spacial score (nSPS) is 15.7. The minimum atomic E-state index is -0.427. The highest BCUT2D eigenvalue weighted by Gasteiger charge is 2.26. The second-order valence-corrected chi connectivity index (χ2v) is 6.14. The molecule has 128 valence electrons. The molecular weight excluding hydrogens is 310 g/mol. The SMILES string of the molecule is Cc1cc(CN2CCN(C(=O)c3c(C)c(C)n[nH]c3=O)CC2)no1. The zero-order valence-corrected chi connectivity index (χ0v) is 14.1. The summed E-state index contributed by atoms with van der Waals surface area (Å²) in [5.41, 5.74) is 1.97. The van der Waals surface area contributed by atoms with E-state index in [1.165, 1.54) is 0 Å². The minimum absolute atomic E-state index is 0.197. The topological polar surface area (TPSA) is 95.3 Å². The van der Waals surface area contributed by atoms with Crippen LogP contribution in [0.15, 0.2) is 15.4 Å². The number of carbonyl (C=O) groups excluding carboxylic acids is 1. The fourth-order valence-corrected chi connectivity index (χ4v) is 2.87. The van der Waals surface area contributed by atoms with Crippen molar-refractivity contribution in [1.82, 2.24) is 25.2 Å². The number of nitrogens with one attached hydrogen (secondary N) is 1. The zero-order chi connectivity index (χ0) is 17.3. The van der Waals surface area contributed by atoms with Gasteiger partial charge in [0, 0.05) is 38.8 Å². The molecule has 0 spiro atoms. The van der Waals surface area contributed by atoms with Gasteiger partial charge in [-0.3, -0.25) is 14.5 Å². The standard InChI is InChI=1S/C16H21N5O3/c1-10-8-13(19-24-10)9-20-4-6-21(7-5-20)16(23)14-11(2)12(3)17-18-15(14)22/h8H,4-7,9H2,1-3H3,(H,18,22). The number of aromatic nitrogens is 3. The third kappa shape index (κ3) is 3.23. The van der Waals surface area contributed by atoms with Crippen molar-refractivity contribution in [3.8, 4) is 0 Å². The van der Waals surface area contributed by atoms with Gasteiger partial charge in [0.2, 0.25) is 0 Å². The molecule has 1 amide bonds. The van der Waals surface area contributed by atoms with Crippen molar-refractivity contribution < 1.29 is 9.32 Å².